The molecule has 0 aliphatic carbocycles. The molecule has 1 unspecified atom stereocenters. The first-order valence-corrected chi connectivity index (χ1v) is 9.68. The summed E-state index contributed by atoms with van der Waals surface area (Å²) in [5.74, 6) is 1.19. The van der Waals surface area contributed by atoms with Crippen LogP contribution in [0, 0.1) is 0 Å². The molecule has 1 aliphatic rings. The highest BCUT2D eigenvalue weighted by molar-refractivity contribution is 5.84. The average Bonchev–Trinajstić information content (AvgIpc) is 2.70. The molecule has 140 valence electrons. The van der Waals surface area contributed by atoms with Crippen LogP contribution >= 0.6 is 0 Å². The molecule has 4 heteroatoms. The van der Waals surface area contributed by atoms with Crippen molar-refractivity contribution in [2.24, 2.45) is 0 Å². The van der Waals surface area contributed by atoms with E-state index < -0.39 is 0 Å². The van der Waals surface area contributed by atoms with Crippen LogP contribution in [0.5, 0.6) is 5.75 Å². The highest BCUT2D eigenvalue weighted by Gasteiger charge is 2.19. The first-order valence-electron chi connectivity index (χ1n) is 9.68. The first kappa shape index (κ1) is 17.8. The molecule has 4 nitrogen and oxygen atoms in total. The van der Waals surface area contributed by atoms with E-state index >= 15 is 0 Å². The molecule has 0 saturated carbocycles. The summed E-state index contributed by atoms with van der Waals surface area (Å²) in [7, 11) is 2.18. The second-order valence-electron chi connectivity index (χ2n) is 7.24. The molecule has 0 N–H and O–H groups in total. The fourth-order valence-electron chi connectivity index (χ4n) is 3.86. The van der Waals surface area contributed by atoms with Crippen LogP contribution in [0.2, 0.25) is 0 Å². The van der Waals surface area contributed by atoms with Gasteiger partial charge in [0.05, 0.1) is 6.61 Å². The van der Waals surface area contributed by atoms with E-state index in [1.165, 1.54) is 19.3 Å². The smallest absolute Gasteiger partial charge is 0.197 e. The fraction of sp³-hybridized carbons (Fsp3) is 0.348. The summed E-state index contributed by atoms with van der Waals surface area (Å²) in [5, 5.41) is 0.522. The van der Waals surface area contributed by atoms with Gasteiger partial charge in [-0.15, -0.1) is 0 Å². The van der Waals surface area contributed by atoms with Crippen molar-refractivity contribution in [2.75, 3.05) is 20.2 Å². The number of benzene rings is 2. The minimum absolute atomic E-state index is 0.0690. The van der Waals surface area contributed by atoms with Crippen LogP contribution in [-0.4, -0.2) is 31.1 Å². The Morgan fingerprint density at radius 2 is 1.96 bits per heavy atom. The van der Waals surface area contributed by atoms with Crippen LogP contribution in [0.25, 0.3) is 22.3 Å². The Hall–Kier alpha value is -2.59. The average molecular weight is 363 g/mol. The zero-order valence-corrected chi connectivity index (χ0v) is 15.7. The summed E-state index contributed by atoms with van der Waals surface area (Å²) in [6, 6.07) is 17.4. The highest BCUT2D eigenvalue weighted by atomic mass is 16.5. The fourth-order valence-corrected chi connectivity index (χ4v) is 3.86. The molecule has 1 saturated heterocycles. The summed E-state index contributed by atoms with van der Waals surface area (Å²) in [6.07, 6.45) is 4.76. The van der Waals surface area contributed by atoms with Crippen molar-refractivity contribution in [1.82, 2.24) is 4.90 Å². The van der Waals surface area contributed by atoms with Crippen molar-refractivity contribution < 1.29 is 9.15 Å². The Kier molecular flexibility index (Phi) is 5.26. The summed E-state index contributed by atoms with van der Waals surface area (Å²) in [4.78, 5) is 15.2. The number of likely N-dealkylation sites (tertiary alicyclic amines) is 1. The standard InChI is InChI=1S/C23H25NO3/c1-24-14-6-5-10-18(24)13-15-26-20-11-7-12-21-23(20)19(25)16-22(27-21)17-8-3-2-4-9-17/h2-4,7-9,11-12,16,18H,5-6,10,13-15H2,1H3. The Morgan fingerprint density at radius 1 is 1.11 bits per heavy atom. The molecule has 4 rings (SSSR count). The Labute approximate surface area is 159 Å². The first-order chi connectivity index (χ1) is 13.2. The van der Waals surface area contributed by atoms with Crippen molar-refractivity contribution >= 4 is 11.0 Å². The second-order valence-corrected chi connectivity index (χ2v) is 7.24. The van der Waals surface area contributed by atoms with Gasteiger partial charge >= 0.3 is 0 Å². The van der Waals surface area contributed by atoms with Crippen molar-refractivity contribution in [3.63, 3.8) is 0 Å². The van der Waals surface area contributed by atoms with Crippen LogP contribution in [0.3, 0.4) is 0 Å². The van der Waals surface area contributed by atoms with Gasteiger partial charge in [0.25, 0.3) is 0 Å². The van der Waals surface area contributed by atoms with Crippen molar-refractivity contribution in [3.05, 3.63) is 64.8 Å². The Bertz CT molecular complexity index is 964. The lowest BCUT2D eigenvalue weighted by atomic mass is 10.0. The van der Waals surface area contributed by atoms with Gasteiger partial charge in [-0.25, -0.2) is 0 Å². The van der Waals surface area contributed by atoms with E-state index in [9.17, 15) is 4.79 Å². The van der Waals surface area contributed by atoms with Gasteiger partial charge in [0.2, 0.25) is 0 Å². The molecular formula is C23H25NO3. The van der Waals surface area contributed by atoms with Crippen LogP contribution in [0.1, 0.15) is 25.7 Å². The number of rotatable bonds is 5. The van der Waals surface area contributed by atoms with E-state index in [4.69, 9.17) is 9.15 Å². The van der Waals surface area contributed by atoms with Crippen molar-refractivity contribution in [1.29, 1.82) is 0 Å². The number of fused-ring (bicyclic) bond motifs is 1. The molecule has 1 atom stereocenters. The third-order valence-corrected chi connectivity index (χ3v) is 5.40. The highest BCUT2D eigenvalue weighted by Crippen LogP contribution is 2.27. The summed E-state index contributed by atoms with van der Waals surface area (Å²) >= 11 is 0. The van der Waals surface area contributed by atoms with Gasteiger partial charge < -0.3 is 14.1 Å². The maximum atomic E-state index is 12.8. The zero-order chi connectivity index (χ0) is 18.6. The number of nitrogens with zero attached hydrogens (tertiary/aromatic N) is 1. The molecule has 2 heterocycles. The minimum Gasteiger partial charge on any atom is -0.493 e. The number of hydrogen-bond donors (Lipinski definition) is 0. The van der Waals surface area contributed by atoms with Crippen LogP contribution in [-0.2, 0) is 0 Å². The maximum Gasteiger partial charge on any atom is 0.197 e. The zero-order valence-electron chi connectivity index (χ0n) is 15.7. The molecule has 1 fully saturated rings. The lowest BCUT2D eigenvalue weighted by molar-refractivity contribution is 0.153. The summed E-state index contributed by atoms with van der Waals surface area (Å²) < 4.78 is 12.0. The second kappa shape index (κ2) is 7.97. The van der Waals surface area contributed by atoms with E-state index in [2.05, 4.69) is 11.9 Å². The molecule has 2 aromatic carbocycles. The van der Waals surface area contributed by atoms with Crippen molar-refractivity contribution in [3.8, 4) is 17.1 Å². The van der Waals surface area contributed by atoms with E-state index in [0.29, 0.717) is 35.1 Å². The quantitative estimate of drug-likeness (QED) is 0.658. The SMILES string of the molecule is CN1CCCCC1CCOc1cccc2oc(-c3ccccc3)cc(=O)c12. The third kappa shape index (κ3) is 3.91. The molecule has 3 aromatic rings. The predicted octanol–water partition coefficient (Wildman–Crippen LogP) is 4.71. The Morgan fingerprint density at radius 3 is 2.78 bits per heavy atom. The van der Waals surface area contributed by atoms with Gasteiger partial charge in [0, 0.05) is 17.7 Å². The third-order valence-electron chi connectivity index (χ3n) is 5.40. The number of ether oxygens (including phenoxy) is 1. The van der Waals surface area contributed by atoms with Crippen molar-refractivity contribution in [2.45, 2.75) is 31.7 Å². The monoisotopic (exact) mass is 363 g/mol. The molecule has 0 bridgehead atoms. The van der Waals surface area contributed by atoms with Crippen LogP contribution in [0.4, 0.5) is 0 Å². The van der Waals surface area contributed by atoms with Crippen LogP contribution in [0.15, 0.2) is 63.8 Å². The summed E-state index contributed by atoms with van der Waals surface area (Å²) in [5.41, 5.74) is 1.39. The number of hydrogen-bond acceptors (Lipinski definition) is 4. The summed E-state index contributed by atoms with van der Waals surface area (Å²) in [6.45, 7) is 1.76. The molecular weight excluding hydrogens is 338 g/mol. The topological polar surface area (TPSA) is 42.7 Å². The molecule has 1 aromatic heterocycles. The molecule has 27 heavy (non-hydrogen) atoms. The lowest BCUT2D eigenvalue weighted by Crippen LogP contribution is -2.37. The van der Waals surface area contributed by atoms with Gasteiger partial charge in [-0.05, 0) is 45.0 Å². The van der Waals surface area contributed by atoms with E-state index in [0.717, 1.165) is 18.5 Å². The van der Waals surface area contributed by atoms with E-state index in [1.54, 1.807) is 6.07 Å². The van der Waals surface area contributed by atoms with E-state index in [1.807, 2.05) is 48.5 Å². The van der Waals surface area contributed by atoms with Gasteiger partial charge in [0.1, 0.15) is 22.5 Å². The van der Waals surface area contributed by atoms with Crippen LogP contribution < -0.4 is 10.2 Å². The predicted molar refractivity (Wildman–Crippen MR) is 108 cm³/mol. The minimum atomic E-state index is -0.0690. The lowest BCUT2D eigenvalue weighted by Gasteiger charge is -2.32. The number of piperidine rings is 1. The normalized spacial score (nSPS) is 17.9. The van der Waals surface area contributed by atoms with Gasteiger partial charge in [0.15, 0.2) is 5.43 Å². The Balaban J connectivity index is 1.56. The maximum absolute atomic E-state index is 12.8. The molecule has 1 aliphatic heterocycles. The van der Waals surface area contributed by atoms with Gasteiger partial charge in [-0.2, -0.15) is 0 Å². The molecule has 0 radical (unpaired) electrons. The van der Waals surface area contributed by atoms with E-state index in [-0.39, 0.29) is 5.43 Å². The molecule has 0 spiro atoms. The van der Waals surface area contributed by atoms with Gasteiger partial charge in [-0.1, -0.05) is 42.8 Å². The largest absolute Gasteiger partial charge is 0.493 e. The molecule has 0 amide bonds. The van der Waals surface area contributed by atoms with Gasteiger partial charge in [-0.3, -0.25) is 4.79 Å².